The second-order valence-corrected chi connectivity index (χ2v) is 8.93. The van der Waals surface area contributed by atoms with Gasteiger partial charge in [0.15, 0.2) is 23.3 Å². The molecule has 0 radical (unpaired) electrons. The third-order valence-corrected chi connectivity index (χ3v) is 6.59. The number of anilines is 1. The highest BCUT2D eigenvalue weighted by Crippen LogP contribution is 2.27. The highest BCUT2D eigenvalue weighted by atomic mass is 35.5. The van der Waals surface area contributed by atoms with E-state index in [4.69, 9.17) is 11.6 Å². The van der Waals surface area contributed by atoms with E-state index in [9.17, 15) is 26.7 Å². The molecule has 0 aliphatic rings. The molecule has 2 heterocycles. The van der Waals surface area contributed by atoms with Crippen LogP contribution in [0.25, 0.3) is 0 Å². The summed E-state index contributed by atoms with van der Waals surface area (Å²) in [4.78, 5) is 13.0. The summed E-state index contributed by atoms with van der Waals surface area (Å²) in [6.07, 6.45) is 0. The number of nitrogens with zero attached hydrogens (tertiary/aromatic N) is 4. The summed E-state index contributed by atoms with van der Waals surface area (Å²) in [7, 11) is 0. The summed E-state index contributed by atoms with van der Waals surface area (Å²) in [5.41, 5.74) is 2.40. The second kappa shape index (κ2) is 9.97. The van der Waals surface area contributed by atoms with Crippen LogP contribution in [-0.2, 0) is 13.1 Å². The maximum Gasteiger partial charge on any atom is 0.255 e. The molecule has 194 valence electrons. The maximum absolute atomic E-state index is 14.2. The standard InChI is InChI=1S/C25H21ClF5N5O/c1-11-18(26)13(3)35(33-11)9-15-6-5-7-16(8-15)25(37)32-24-12(2)34-36(14(24)4)10-17-19(27)21(29)23(31)22(30)20(17)28/h5-8H,9-10H2,1-4H3,(H,32,37). The van der Waals surface area contributed by atoms with E-state index < -0.39 is 47.1 Å². The quantitative estimate of drug-likeness (QED) is 0.186. The van der Waals surface area contributed by atoms with Crippen LogP contribution in [0, 0.1) is 56.8 Å². The van der Waals surface area contributed by atoms with Crippen molar-refractivity contribution in [1.29, 1.82) is 0 Å². The molecule has 0 saturated carbocycles. The van der Waals surface area contributed by atoms with Crippen molar-refractivity contribution in [1.82, 2.24) is 19.6 Å². The molecule has 6 nitrogen and oxygen atoms in total. The number of amides is 1. The zero-order chi connectivity index (χ0) is 27.2. The Labute approximate surface area is 213 Å². The first-order valence-electron chi connectivity index (χ1n) is 11.0. The number of aromatic nitrogens is 4. The van der Waals surface area contributed by atoms with E-state index in [1.165, 1.54) is 6.92 Å². The Bertz CT molecular complexity index is 1520. The van der Waals surface area contributed by atoms with E-state index in [0.717, 1.165) is 15.9 Å². The fourth-order valence-electron chi connectivity index (χ4n) is 3.97. The monoisotopic (exact) mass is 537 g/mol. The Kier molecular flexibility index (Phi) is 7.09. The van der Waals surface area contributed by atoms with Gasteiger partial charge in [-0.05, 0) is 45.4 Å². The molecule has 0 spiro atoms. The Morgan fingerprint density at radius 1 is 0.838 bits per heavy atom. The molecular weight excluding hydrogens is 517 g/mol. The number of hydrogen-bond donors (Lipinski definition) is 1. The second-order valence-electron chi connectivity index (χ2n) is 8.55. The van der Waals surface area contributed by atoms with Crippen LogP contribution in [-0.4, -0.2) is 25.5 Å². The van der Waals surface area contributed by atoms with Gasteiger partial charge in [-0.25, -0.2) is 22.0 Å². The fourth-order valence-corrected chi connectivity index (χ4v) is 4.10. The van der Waals surface area contributed by atoms with Gasteiger partial charge in [0.05, 0.1) is 52.1 Å². The molecule has 2 aromatic carbocycles. The van der Waals surface area contributed by atoms with Crippen molar-refractivity contribution >= 4 is 23.2 Å². The predicted octanol–water partition coefficient (Wildman–Crippen LogP) is 6.01. The molecule has 0 unspecified atom stereocenters. The van der Waals surface area contributed by atoms with Gasteiger partial charge in [0.25, 0.3) is 5.91 Å². The Morgan fingerprint density at radius 3 is 2.00 bits per heavy atom. The average Bonchev–Trinajstić information content (AvgIpc) is 3.27. The normalized spacial score (nSPS) is 11.3. The largest absolute Gasteiger partial charge is 0.319 e. The molecule has 37 heavy (non-hydrogen) atoms. The highest BCUT2D eigenvalue weighted by molar-refractivity contribution is 6.31. The van der Waals surface area contributed by atoms with Crippen LogP contribution in [0.15, 0.2) is 24.3 Å². The number of carbonyl (C=O) groups excluding carboxylic acids is 1. The predicted molar refractivity (Wildman–Crippen MR) is 127 cm³/mol. The van der Waals surface area contributed by atoms with Crippen LogP contribution in [0.3, 0.4) is 0 Å². The lowest BCUT2D eigenvalue weighted by Crippen LogP contribution is -2.15. The highest BCUT2D eigenvalue weighted by Gasteiger charge is 2.27. The summed E-state index contributed by atoms with van der Waals surface area (Å²) >= 11 is 6.21. The van der Waals surface area contributed by atoms with E-state index in [-0.39, 0.29) is 11.4 Å². The van der Waals surface area contributed by atoms with Crippen LogP contribution in [0.2, 0.25) is 5.02 Å². The number of benzene rings is 2. The smallest absolute Gasteiger partial charge is 0.255 e. The van der Waals surface area contributed by atoms with Gasteiger partial charge in [-0.1, -0.05) is 23.7 Å². The van der Waals surface area contributed by atoms with Crippen molar-refractivity contribution in [2.24, 2.45) is 0 Å². The van der Waals surface area contributed by atoms with Crippen LogP contribution < -0.4 is 5.32 Å². The van der Waals surface area contributed by atoms with Crippen molar-refractivity contribution in [3.8, 4) is 0 Å². The van der Waals surface area contributed by atoms with Crippen molar-refractivity contribution in [3.05, 3.63) is 97.8 Å². The number of hydrogen-bond acceptors (Lipinski definition) is 3. The van der Waals surface area contributed by atoms with Gasteiger partial charge < -0.3 is 5.32 Å². The topological polar surface area (TPSA) is 64.7 Å². The molecule has 0 saturated heterocycles. The van der Waals surface area contributed by atoms with Crippen molar-refractivity contribution in [2.75, 3.05) is 5.32 Å². The molecule has 1 amide bonds. The number of nitrogens with one attached hydrogen (secondary N) is 1. The minimum Gasteiger partial charge on any atom is -0.319 e. The zero-order valence-electron chi connectivity index (χ0n) is 20.2. The molecule has 0 aliphatic carbocycles. The first-order valence-corrected chi connectivity index (χ1v) is 11.4. The summed E-state index contributed by atoms with van der Waals surface area (Å²) < 4.78 is 71.7. The van der Waals surface area contributed by atoms with Gasteiger partial charge in [0.1, 0.15) is 0 Å². The SMILES string of the molecule is Cc1nn(Cc2cccc(C(=O)Nc3c(C)nn(Cc4c(F)c(F)c(F)c(F)c4F)c3C)c2)c(C)c1Cl. The lowest BCUT2D eigenvalue weighted by molar-refractivity contribution is 0.102. The Balaban J connectivity index is 1.57. The molecule has 1 N–H and O–H groups in total. The Hall–Kier alpha value is -3.73. The first-order chi connectivity index (χ1) is 17.4. The summed E-state index contributed by atoms with van der Waals surface area (Å²) in [5, 5.41) is 11.8. The molecular formula is C25H21ClF5N5O. The van der Waals surface area contributed by atoms with Gasteiger partial charge in [-0.3, -0.25) is 14.2 Å². The molecule has 4 rings (SSSR count). The van der Waals surface area contributed by atoms with E-state index in [0.29, 0.717) is 28.5 Å². The van der Waals surface area contributed by atoms with E-state index in [2.05, 4.69) is 15.5 Å². The molecule has 0 fully saturated rings. The number of aryl methyl sites for hydroxylation is 2. The van der Waals surface area contributed by atoms with Crippen molar-refractivity contribution in [2.45, 2.75) is 40.8 Å². The van der Waals surface area contributed by atoms with Crippen LogP contribution in [0.4, 0.5) is 27.6 Å². The van der Waals surface area contributed by atoms with Crippen LogP contribution in [0.5, 0.6) is 0 Å². The van der Waals surface area contributed by atoms with Gasteiger partial charge in [0, 0.05) is 5.56 Å². The molecule has 0 bridgehead atoms. The summed E-state index contributed by atoms with van der Waals surface area (Å²) in [6, 6.07) is 6.84. The number of rotatable bonds is 6. The van der Waals surface area contributed by atoms with Crippen molar-refractivity contribution in [3.63, 3.8) is 0 Å². The van der Waals surface area contributed by atoms with E-state index in [1.54, 1.807) is 36.7 Å². The third-order valence-electron chi connectivity index (χ3n) is 6.04. The lowest BCUT2D eigenvalue weighted by atomic mass is 10.1. The number of halogens is 6. The zero-order valence-corrected chi connectivity index (χ0v) is 20.9. The first kappa shape index (κ1) is 26.3. The minimum absolute atomic E-state index is 0.254. The number of carbonyl (C=O) groups is 1. The van der Waals surface area contributed by atoms with Crippen molar-refractivity contribution < 1.29 is 26.7 Å². The lowest BCUT2D eigenvalue weighted by Gasteiger charge is -2.11. The van der Waals surface area contributed by atoms with E-state index in [1.807, 2.05) is 13.0 Å². The average molecular weight is 538 g/mol. The van der Waals surface area contributed by atoms with Gasteiger partial charge >= 0.3 is 0 Å². The molecule has 2 aromatic heterocycles. The summed E-state index contributed by atoms with van der Waals surface area (Å²) in [6.45, 7) is 6.35. The maximum atomic E-state index is 14.2. The summed E-state index contributed by atoms with van der Waals surface area (Å²) in [5.74, 6) is -10.7. The van der Waals surface area contributed by atoms with Crippen LogP contribution >= 0.6 is 11.6 Å². The molecule has 0 aliphatic heterocycles. The molecule has 12 heteroatoms. The third kappa shape index (κ3) is 4.83. The Morgan fingerprint density at radius 2 is 1.41 bits per heavy atom. The van der Waals surface area contributed by atoms with Gasteiger partial charge in [-0.15, -0.1) is 0 Å². The fraction of sp³-hybridized carbons (Fsp3) is 0.240. The van der Waals surface area contributed by atoms with Gasteiger partial charge in [0.2, 0.25) is 5.82 Å². The molecule has 4 aromatic rings. The van der Waals surface area contributed by atoms with Gasteiger partial charge in [-0.2, -0.15) is 10.2 Å². The minimum atomic E-state index is -2.23. The van der Waals surface area contributed by atoms with E-state index >= 15 is 0 Å². The molecule has 0 atom stereocenters. The van der Waals surface area contributed by atoms with Crippen LogP contribution in [0.1, 0.15) is 44.3 Å².